The van der Waals surface area contributed by atoms with E-state index >= 15 is 0 Å². The van der Waals surface area contributed by atoms with Crippen LogP contribution in [-0.2, 0) is 0 Å². The van der Waals surface area contributed by atoms with E-state index in [0.717, 1.165) is 0 Å². The largest absolute Gasteiger partial charge is 0.544 e. The Balaban J connectivity index is 2.19. The standard InChI is InChI=1S/C3H12BN/c1-2-3-5-4/h2-3,5H2,1,4H3. The minimum absolute atomic E-state index is 0.623. The molecule has 0 saturated heterocycles. The van der Waals surface area contributed by atoms with Gasteiger partial charge in [0, 0.05) is 6.54 Å². The zero-order valence-electron chi connectivity index (χ0n) is 2.99. The second kappa shape index (κ2) is 4.02. The quantitative estimate of drug-likeness (QED) is 0.373. The molecule has 5 heavy (non-hydrogen) atoms. The smallest absolute Gasteiger partial charge is 0.166 e. The van der Waals surface area contributed by atoms with Gasteiger partial charge in [-0.15, -0.1) is 0 Å². The Morgan fingerprint density at radius 3 is 2.40 bits per heavy atom. The van der Waals surface area contributed by atoms with Crippen LogP contribution in [0, 0.1) is 0 Å². The average molecular weight is 72.9 g/mol. The first kappa shape index (κ1) is 5.02. The van der Waals surface area contributed by atoms with Crippen molar-refractivity contribution in [2.75, 3.05) is 6.54 Å². The lowest BCUT2D eigenvalue weighted by Crippen LogP contribution is -2.81. The highest BCUT2D eigenvalue weighted by atomic mass is 14.7. The summed E-state index contributed by atoms with van der Waals surface area (Å²) in [4.78, 5) is 0. The van der Waals surface area contributed by atoms with Crippen molar-refractivity contribution in [2.45, 2.75) is 13.3 Å². The molecule has 0 rings (SSSR count). The van der Waals surface area contributed by atoms with Gasteiger partial charge in [0.15, 0.2) is 7.98 Å². The molecule has 0 aromatic rings. The highest BCUT2D eigenvalue weighted by Gasteiger charge is 1.64. The lowest BCUT2D eigenvalue weighted by atomic mass is 10.4. The summed E-state index contributed by atoms with van der Waals surface area (Å²) >= 11 is 0. The lowest BCUT2D eigenvalue weighted by Gasteiger charge is -1.89. The van der Waals surface area contributed by atoms with Gasteiger partial charge in [-0.05, 0) is 6.42 Å². The Bertz CT molecular complexity index is 14.4. The summed E-state index contributed by atoms with van der Waals surface area (Å²) < 4.78 is 0. The third-order valence-corrected chi connectivity index (χ3v) is 0.289. The van der Waals surface area contributed by atoms with Crippen LogP contribution in [-0.4, -0.2) is 14.5 Å². The molecule has 0 unspecified atom stereocenters. The molecule has 0 aromatic carbocycles. The fraction of sp³-hybridized carbons (Fsp3) is 1.00. The van der Waals surface area contributed by atoms with Gasteiger partial charge in [-0.3, -0.25) is 0 Å². The monoisotopic (exact) mass is 73.1 g/mol. The van der Waals surface area contributed by atoms with Crippen molar-refractivity contribution < 1.29 is 5.23 Å². The first-order valence-corrected chi connectivity index (χ1v) is 1.62. The molecule has 0 aliphatic heterocycles. The van der Waals surface area contributed by atoms with Crippen molar-refractivity contribution in [1.82, 2.24) is 0 Å². The molecule has 0 radical (unpaired) electrons. The van der Waals surface area contributed by atoms with Crippen LogP contribution in [0.2, 0.25) is 0 Å². The van der Waals surface area contributed by atoms with Crippen LogP contribution in [0.1, 0.15) is 13.3 Å². The molecule has 0 aliphatic rings. The van der Waals surface area contributed by atoms with Gasteiger partial charge in [-0.25, -0.2) is 0 Å². The van der Waals surface area contributed by atoms with Crippen LogP contribution >= 0.6 is 0 Å². The maximum absolute atomic E-state index is 2.43. The maximum Gasteiger partial charge on any atom is 0.166 e. The van der Waals surface area contributed by atoms with E-state index in [2.05, 4.69) is 12.2 Å². The van der Waals surface area contributed by atoms with Gasteiger partial charge in [-0.1, -0.05) is 6.92 Å². The molecule has 32 valence electrons. The van der Waals surface area contributed by atoms with Gasteiger partial charge in [0.25, 0.3) is 0 Å². The molecule has 2 heteroatoms. The molecule has 0 aliphatic carbocycles. The Morgan fingerprint density at radius 1 is 1.80 bits per heavy atom. The van der Waals surface area contributed by atoms with Crippen LogP contribution in [0.25, 0.3) is 0 Å². The summed E-state index contributed by atoms with van der Waals surface area (Å²) in [5.74, 6) is 0. The van der Waals surface area contributed by atoms with E-state index in [4.69, 9.17) is 0 Å². The topological polar surface area (TPSA) is 16.6 Å². The molecule has 0 atom stereocenters. The Morgan fingerprint density at radius 2 is 2.40 bits per heavy atom. The molecular formula is C3H12BN. The Labute approximate surface area is 34.2 Å². The molecule has 0 heterocycles. The van der Waals surface area contributed by atoms with Crippen LogP contribution in [0.3, 0.4) is 0 Å². The molecule has 0 aromatic heterocycles. The second-order valence-corrected chi connectivity index (χ2v) is 0.789. The summed E-state index contributed by atoms with van der Waals surface area (Å²) in [5, 5.41) is 2.43. The third kappa shape index (κ3) is 4.02. The van der Waals surface area contributed by atoms with Crippen molar-refractivity contribution in [3.8, 4) is 0 Å². The van der Waals surface area contributed by atoms with E-state index in [1.165, 1.54) is 13.0 Å². The average Bonchev–Trinajstić information content (AvgIpc) is 1.41. The van der Waals surface area contributed by atoms with Crippen LogP contribution in [0.15, 0.2) is 0 Å². The predicted molar refractivity (Wildman–Crippen MR) is 27.0 cm³/mol. The molecule has 1 nitrogen and oxygen atoms in total. The number of nitrogens with two attached hydrogens (primary N) is 1. The van der Waals surface area contributed by atoms with E-state index in [9.17, 15) is 0 Å². The van der Waals surface area contributed by atoms with Crippen molar-refractivity contribution >= 4 is 7.98 Å². The SMILES string of the molecule is [BH3-][NH2+]CCC. The van der Waals surface area contributed by atoms with Crippen molar-refractivity contribution in [1.29, 1.82) is 0 Å². The Kier molecular flexibility index (Phi) is 4.05. The van der Waals surface area contributed by atoms with Crippen LogP contribution in [0.5, 0.6) is 0 Å². The second-order valence-electron chi connectivity index (χ2n) is 0.789. The molecule has 0 spiro atoms. The number of rotatable bonds is 2. The van der Waals surface area contributed by atoms with Crippen molar-refractivity contribution in [3.05, 3.63) is 0 Å². The fourth-order valence-corrected chi connectivity index (χ4v) is 0. The summed E-state index contributed by atoms with van der Waals surface area (Å²) in [6.45, 7) is 3.60. The minimum atomic E-state index is 0.623. The van der Waals surface area contributed by atoms with Gasteiger partial charge in [0.05, 0.1) is 0 Å². The Hall–Kier alpha value is 0.0249. The summed E-state index contributed by atoms with van der Waals surface area (Å²) in [6, 6.07) is 0. The predicted octanol–water partition coefficient (Wildman–Crippen LogP) is -1.76. The zero-order chi connectivity index (χ0) is 4.12. The van der Waals surface area contributed by atoms with E-state index in [0.29, 0.717) is 7.98 Å². The van der Waals surface area contributed by atoms with Gasteiger partial charge in [0.2, 0.25) is 0 Å². The van der Waals surface area contributed by atoms with Crippen molar-refractivity contribution in [3.63, 3.8) is 0 Å². The molecular weight excluding hydrogens is 60.9 g/mol. The lowest BCUT2D eigenvalue weighted by molar-refractivity contribution is -0.506. The minimum Gasteiger partial charge on any atom is -0.544 e. The number of hydrogen-bond donors (Lipinski definition) is 1. The van der Waals surface area contributed by atoms with Gasteiger partial charge >= 0.3 is 0 Å². The van der Waals surface area contributed by atoms with Crippen LogP contribution in [0.4, 0.5) is 0 Å². The third-order valence-electron chi connectivity index (χ3n) is 0.289. The highest BCUT2D eigenvalue weighted by molar-refractivity contribution is 5.93. The number of hydrogen-bond acceptors (Lipinski definition) is 0. The molecule has 2 N–H and O–H groups in total. The molecule has 0 saturated carbocycles. The van der Waals surface area contributed by atoms with Gasteiger partial charge in [0.1, 0.15) is 0 Å². The molecule has 0 fully saturated rings. The molecule has 0 amide bonds. The van der Waals surface area contributed by atoms with Gasteiger partial charge in [-0.2, -0.15) is 0 Å². The molecule has 0 bridgehead atoms. The van der Waals surface area contributed by atoms with E-state index in [1.54, 1.807) is 0 Å². The first-order valence-electron chi connectivity index (χ1n) is 1.62. The highest BCUT2D eigenvalue weighted by Crippen LogP contribution is 1.56. The fourth-order valence-electron chi connectivity index (χ4n) is 0. The maximum atomic E-state index is 2.43. The van der Waals surface area contributed by atoms with Gasteiger partial charge < -0.3 is 5.23 Å². The van der Waals surface area contributed by atoms with E-state index < -0.39 is 0 Å². The normalized spacial score (nSPS) is 8.40. The van der Waals surface area contributed by atoms with E-state index in [-0.39, 0.29) is 0 Å². The summed E-state index contributed by atoms with van der Waals surface area (Å²) in [7, 11) is 0.623. The first-order chi connectivity index (χ1) is 2.41. The number of quaternary nitrogens is 1. The van der Waals surface area contributed by atoms with E-state index in [1.807, 2.05) is 0 Å². The summed E-state index contributed by atoms with van der Waals surface area (Å²) in [6.07, 6.45) is 1.35. The zero-order valence-corrected chi connectivity index (χ0v) is 2.99. The van der Waals surface area contributed by atoms with Crippen molar-refractivity contribution in [2.24, 2.45) is 0 Å². The summed E-state index contributed by atoms with van der Waals surface area (Å²) in [5.41, 5.74) is 0. The van der Waals surface area contributed by atoms with Crippen LogP contribution < -0.4 is 5.23 Å².